The predicted octanol–water partition coefficient (Wildman–Crippen LogP) is 2.76. The molecule has 1 aliphatic heterocycles. The van der Waals surface area contributed by atoms with Crippen LogP contribution in [-0.4, -0.2) is 23.4 Å². The second kappa shape index (κ2) is 4.35. The third-order valence-electron chi connectivity index (χ3n) is 4.16. The summed E-state index contributed by atoms with van der Waals surface area (Å²) in [5.74, 6) is 0.260. The summed E-state index contributed by atoms with van der Waals surface area (Å²) < 4.78 is 0. The highest BCUT2D eigenvalue weighted by atomic mass is 32.1. The van der Waals surface area contributed by atoms with Gasteiger partial charge in [0.05, 0.1) is 6.54 Å². The lowest BCUT2D eigenvalue weighted by molar-refractivity contribution is -0.130. The molecule has 3 nitrogen and oxygen atoms in total. The average Bonchev–Trinajstić information content (AvgIpc) is 2.97. The van der Waals surface area contributed by atoms with Crippen molar-refractivity contribution in [3.05, 3.63) is 22.4 Å². The fourth-order valence-corrected chi connectivity index (χ4v) is 4.05. The lowest BCUT2D eigenvalue weighted by Crippen LogP contribution is -2.38. The van der Waals surface area contributed by atoms with E-state index in [0.29, 0.717) is 18.0 Å². The normalized spacial score (nSPS) is 31.2. The molecule has 98 valence electrons. The molecule has 4 heteroatoms. The van der Waals surface area contributed by atoms with E-state index >= 15 is 0 Å². The molecule has 1 aliphatic carbocycles. The molecule has 0 radical (unpaired) electrons. The largest absolute Gasteiger partial charge is 0.318 e. The molecule has 2 atom stereocenters. The van der Waals surface area contributed by atoms with E-state index in [9.17, 15) is 4.79 Å². The van der Waals surface area contributed by atoms with Gasteiger partial charge < -0.3 is 4.90 Å². The first-order valence-corrected chi connectivity index (χ1v) is 7.53. The summed E-state index contributed by atoms with van der Waals surface area (Å²) in [6.07, 6.45) is 3.60. The van der Waals surface area contributed by atoms with Gasteiger partial charge in [0.1, 0.15) is 6.17 Å². The van der Waals surface area contributed by atoms with Crippen molar-refractivity contribution in [1.29, 1.82) is 0 Å². The summed E-state index contributed by atoms with van der Waals surface area (Å²) in [6.45, 7) is 5.10. The second-order valence-electron chi connectivity index (χ2n) is 6.16. The Labute approximate surface area is 112 Å². The zero-order valence-corrected chi connectivity index (χ0v) is 11.8. The fraction of sp³-hybridized carbons (Fsp3) is 0.643. The molecule has 0 spiro atoms. The number of hydrogen-bond acceptors (Lipinski definition) is 3. The Balaban J connectivity index is 1.82. The van der Waals surface area contributed by atoms with Crippen LogP contribution in [0.3, 0.4) is 0 Å². The molecular formula is C14H20N2OS. The minimum absolute atomic E-state index is 0.108. The van der Waals surface area contributed by atoms with Gasteiger partial charge in [0, 0.05) is 10.9 Å². The van der Waals surface area contributed by atoms with Crippen molar-refractivity contribution in [1.82, 2.24) is 10.2 Å². The smallest absolute Gasteiger partial charge is 0.238 e. The number of nitrogens with one attached hydrogen (secondary N) is 1. The summed E-state index contributed by atoms with van der Waals surface area (Å²) in [7, 11) is 0. The first-order valence-electron chi connectivity index (χ1n) is 6.65. The molecule has 1 aromatic rings. The van der Waals surface area contributed by atoms with Crippen LogP contribution in [0.5, 0.6) is 0 Å². The molecule has 1 saturated carbocycles. The van der Waals surface area contributed by atoms with E-state index in [4.69, 9.17) is 0 Å². The number of carbonyl (C=O) groups is 1. The zero-order chi connectivity index (χ0) is 12.8. The fourth-order valence-electron chi connectivity index (χ4n) is 3.25. The Morgan fingerprint density at radius 2 is 2.33 bits per heavy atom. The van der Waals surface area contributed by atoms with E-state index in [0.717, 1.165) is 12.8 Å². The minimum atomic E-state index is 0.108. The lowest BCUT2D eigenvalue weighted by Gasteiger charge is -2.30. The Morgan fingerprint density at radius 3 is 2.94 bits per heavy atom. The Morgan fingerprint density at radius 1 is 1.50 bits per heavy atom. The lowest BCUT2D eigenvalue weighted by atomic mass is 9.91. The van der Waals surface area contributed by atoms with Gasteiger partial charge in [-0.3, -0.25) is 10.1 Å². The topological polar surface area (TPSA) is 32.3 Å². The highest BCUT2D eigenvalue weighted by Crippen LogP contribution is 2.42. The van der Waals surface area contributed by atoms with Gasteiger partial charge in [0.15, 0.2) is 0 Å². The molecular weight excluding hydrogens is 244 g/mol. The molecule has 1 amide bonds. The van der Waals surface area contributed by atoms with Crippen molar-refractivity contribution in [3.8, 4) is 0 Å². The van der Waals surface area contributed by atoms with E-state index in [2.05, 4.69) is 41.6 Å². The third kappa shape index (κ3) is 2.08. The van der Waals surface area contributed by atoms with Crippen molar-refractivity contribution in [2.24, 2.45) is 5.41 Å². The van der Waals surface area contributed by atoms with Gasteiger partial charge in [-0.25, -0.2) is 0 Å². The van der Waals surface area contributed by atoms with Crippen LogP contribution in [0, 0.1) is 5.41 Å². The maximum Gasteiger partial charge on any atom is 0.238 e. The molecule has 0 aromatic carbocycles. The van der Waals surface area contributed by atoms with Gasteiger partial charge in [0.2, 0.25) is 5.91 Å². The first kappa shape index (κ1) is 12.2. The Hall–Kier alpha value is -0.870. The standard InChI is InChI=1S/C14H20N2OS/c1-14(2)6-5-10(8-14)16-12(17)9-15-13(16)11-4-3-7-18-11/h3-4,7,10,13,15H,5-6,8-9H2,1-2H3. The van der Waals surface area contributed by atoms with Gasteiger partial charge >= 0.3 is 0 Å². The molecule has 1 N–H and O–H groups in total. The van der Waals surface area contributed by atoms with Crippen LogP contribution in [0.4, 0.5) is 0 Å². The summed E-state index contributed by atoms with van der Waals surface area (Å²) in [5.41, 5.74) is 0.382. The van der Waals surface area contributed by atoms with Crippen LogP contribution in [0.25, 0.3) is 0 Å². The van der Waals surface area contributed by atoms with Crippen LogP contribution in [-0.2, 0) is 4.79 Å². The van der Waals surface area contributed by atoms with Crippen molar-refractivity contribution >= 4 is 17.2 Å². The SMILES string of the molecule is CC1(C)CCC(N2C(=O)CNC2c2cccs2)C1. The Bertz CT molecular complexity index is 441. The maximum atomic E-state index is 12.1. The highest BCUT2D eigenvalue weighted by Gasteiger charge is 2.42. The van der Waals surface area contributed by atoms with E-state index in [-0.39, 0.29) is 12.1 Å². The van der Waals surface area contributed by atoms with Crippen LogP contribution in [0.1, 0.15) is 44.2 Å². The van der Waals surface area contributed by atoms with Crippen molar-refractivity contribution in [3.63, 3.8) is 0 Å². The van der Waals surface area contributed by atoms with E-state index in [1.165, 1.54) is 11.3 Å². The van der Waals surface area contributed by atoms with Gasteiger partial charge in [-0.15, -0.1) is 11.3 Å². The average molecular weight is 264 g/mol. The number of amides is 1. The molecule has 3 rings (SSSR count). The van der Waals surface area contributed by atoms with Gasteiger partial charge in [-0.1, -0.05) is 19.9 Å². The summed E-state index contributed by atoms with van der Waals surface area (Å²) in [4.78, 5) is 15.5. The van der Waals surface area contributed by atoms with Gasteiger partial charge in [-0.05, 0) is 36.1 Å². The van der Waals surface area contributed by atoms with E-state index in [1.54, 1.807) is 11.3 Å². The molecule has 0 bridgehead atoms. The number of rotatable bonds is 2. The second-order valence-corrected chi connectivity index (χ2v) is 7.14. The summed E-state index contributed by atoms with van der Waals surface area (Å²) in [6, 6.07) is 4.59. The predicted molar refractivity (Wildman–Crippen MR) is 73.3 cm³/mol. The minimum Gasteiger partial charge on any atom is -0.318 e. The number of thiophene rings is 1. The quantitative estimate of drug-likeness (QED) is 0.891. The number of hydrogen-bond donors (Lipinski definition) is 1. The van der Waals surface area contributed by atoms with Crippen LogP contribution in [0.2, 0.25) is 0 Å². The number of carbonyl (C=O) groups excluding carboxylic acids is 1. The molecule has 1 saturated heterocycles. The van der Waals surface area contributed by atoms with Gasteiger partial charge in [-0.2, -0.15) is 0 Å². The number of nitrogens with zero attached hydrogens (tertiary/aromatic N) is 1. The van der Waals surface area contributed by atoms with Crippen LogP contribution in [0.15, 0.2) is 17.5 Å². The van der Waals surface area contributed by atoms with Gasteiger partial charge in [0.25, 0.3) is 0 Å². The third-order valence-corrected chi connectivity index (χ3v) is 5.09. The van der Waals surface area contributed by atoms with Crippen molar-refractivity contribution in [2.75, 3.05) is 6.54 Å². The van der Waals surface area contributed by atoms with Crippen molar-refractivity contribution < 1.29 is 4.79 Å². The van der Waals surface area contributed by atoms with E-state index in [1.807, 2.05) is 0 Å². The highest BCUT2D eigenvalue weighted by molar-refractivity contribution is 7.10. The van der Waals surface area contributed by atoms with Crippen LogP contribution >= 0.6 is 11.3 Å². The molecule has 2 unspecified atom stereocenters. The van der Waals surface area contributed by atoms with Crippen molar-refractivity contribution in [2.45, 2.75) is 45.3 Å². The summed E-state index contributed by atoms with van der Waals surface area (Å²) in [5, 5.41) is 5.43. The zero-order valence-electron chi connectivity index (χ0n) is 11.0. The molecule has 2 fully saturated rings. The van der Waals surface area contributed by atoms with E-state index < -0.39 is 0 Å². The summed E-state index contributed by atoms with van der Waals surface area (Å²) >= 11 is 1.73. The molecule has 18 heavy (non-hydrogen) atoms. The first-order chi connectivity index (χ1) is 8.57. The molecule has 2 heterocycles. The monoisotopic (exact) mass is 264 g/mol. The molecule has 1 aromatic heterocycles. The Kier molecular flexibility index (Phi) is 2.94. The van der Waals surface area contributed by atoms with Crippen LogP contribution < -0.4 is 5.32 Å². The molecule has 2 aliphatic rings. The maximum absolute atomic E-state index is 12.1.